The molecular formula is C29H33Cl2N3O4S. The van der Waals surface area contributed by atoms with Gasteiger partial charge in [0, 0.05) is 28.5 Å². The highest BCUT2D eigenvalue weighted by molar-refractivity contribution is 7.92. The molecule has 0 aliphatic carbocycles. The number of anilines is 1. The number of amides is 2. The van der Waals surface area contributed by atoms with Crippen molar-refractivity contribution in [3.05, 3.63) is 100 Å². The molecule has 0 bridgehead atoms. The van der Waals surface area contributed by atoms with Crippen molar-refractivity contribution in [2.75, 3.05) is 17.1 Å². The molecule has 0 spiro atoms. The summed E-state index contributed by atoms with van der Waals surface area (Å²) in [5.74, 6) is -0.902. The van der Waals surface area contributed by atoms with Gasteiger partial charge in [-0.25, -0.2) is 8.42 Å². The van der Waals surface area contributed by atoms with Crippen LogP contribution in [0.3, 0.4) is 0 Å². The van der Waals surface area contributed by atoms with Crippen LogP contribution in [0.5, 0.6) is 0 Å². The molecule has 1 atom stereocenters. The third kappa shape index (κ3) is 9.27. The SMILES string of the molecule is CC(C)(C)NC(=O)[C@H](Cc1ccccc1)N(Cc1cccc(Cl)c1)C(=O)CN(c1cccc(Cl)c1)S(C)(=O)=O. The Hall–Kier alpha value is -3.07. The van der Waals surface area contributed by atoms with Gasteiger partial charge in [-0.05, 0) is 62.2 Å². The van der Waals surface area contributed by atoms with Crippen molar-refractivity contribution >= 4 is 50.7 Å². The van der Waals surface area contributed by atoms with E-state index in [2.05, 4.69) is 5.32 Å². The van der Waals surface area contributed by atoms with Crippen LogP contribution >= 0.6 is 23.2 Å². The van der Waals surface area contributed by atoms with Gasteiger partial charge in [-0.2, -0.15) is 0 Å². The molecule has 7 nitrogen and oxygen atoms in total. The number of sulfonamides is 1. The monoisotopic (exact) mass is 589 g/mol. The number of rotatable bonds is 10. The van der Waals surface area contributed by atoms with E-state index in [9.17, 15) is 18.0 Å². The Morgan fingerprint density at radius 3 is 2.03 bits per heavy atom. The maximum atomic E-state index is 14.0. The highest BCUT2D eigenvalue weighted by atomic mass is 35.5. The van der Waals surface area contributed by atoms with E-state index in [1.54, 1.807) is 42.5 Å². The quantitative estimate of drug-likeness (QED) is 0.347. The predicted octanol–water partition coefficient (Wildman–Crippen LogP) is 5.31. The van der Waals surface area contributed by atoms with Crippen molar-refractivity contribution in [2.45, 2.75) is 45.3 Å². The number of hydrogen-bond donors (Lipinski definition) is 1. The van der Waals surface area contributed by atoms with Crippen molar-refractivity contribution in [3.63, 3.8) is 0 Å². The van der Waals surface area contributed by atoms with E-state index in [1.165, 1.54) is 11.0 Å². The van der Waals surface area contributed by atoms with E-state index in [0.717, 1.165) is 16.1 Å². The third-order valence-corrected chi connectivity index (χ3v) is 7.40. The maximum absolute atomic E-state index is 14.0. The average Bonchev–Trinajstić information content (AvgIpc) is 2.83. The first kappa shape index (κ1) is 30.5. The minimum atomic E-state index is -3.87. The van der Waals surface area contributed by atoms with Gasteiger partial charge in [-0.3, -0.25) is 13.9 Å². The topological polar surface area (TPSA) is 86.8 Å². The summed E-state index contributed by atoms with van der Waals surface area (Å²) in [6.07, 6.45) is 1.25. The first-order valence-corrected chi connectivity index (χ1v) is 15.0. The summed E-state index contributed by atoms with van der Waals surface area (Å²) in [7, 11) is -3.87. The molecule has 0 aromatic heterocycles. The molecular weight excluding hydrogens is 557 g/mol. The number of carbonyl (C=O) groups excluding carboxylic acids is 2. The molecule has 0 aliphatic heterocycles. The van der Waals surface area contributed by atoms with E-state index in [0.29, 0.717) is 15.6 Å². The van der Waals surface area contributed by atoms with Gasteiger partial charge in [-0.15, -0.1) is 0 Å². The second kappa shape index (κ2) is 12.9. The van der Waals surface area contributed by atoms with Gasteiger partial charge in [0.1, 0.15) is 12.6 Å². The highest BCUT2D eigenvalue weighted by Gasteiger charge is 2.34. The molecule has 2 amide bonds. The van der Waals surface area contributed by atoms with E-state index in [-0.39, 0.29) is 24.6 Å². The first-order chi connectivity index (χ1) is 18.2. The Morgan fingerprint density at radius 2 is 1.46 bits per heavy atom. The zero-order valence-electron chi connectivity index (χ0n) is 22.4. The fraction of sp³-hybridized carbons (Fsp3) is 0.310. The second-order valence-corrected chi connectivity index (χ2v) is 13.1. The molecule has 3 aromatic rings. The number of halogens is 2. The van der Waals surface area contributed by atoms with Crippen LogP contribution in [0.2, 0.25) is 10.0 Å². The van der Waals surface area contributed by atoms with Gasteiger partial charge in [0.15, 0.2) is 0 Å². The van der Waals surface area contributed by atoms with E-state index in [1.807, 2.05) is 51.1 Å². The summed E-state index contributed by atoms with van der Waals surface area (Å²) in [5.41, 5.74) is 1.24. The number of benzene rings is 3. The summed E-state index contributed by atoms with van der Waals surface area (Å²) >= 11 is 12.3. The third-order valence-electron chi connectivity index (χ3n) is 5.79. The van der Waals surface area contributed by atoms with E-state index < -0.39 is 34.1 Å². The van der Waals surface area contributed by atoms with Crippen molar-refractivity contribution in [2.24, 2.45) is 0 Å². The van der Waals surface area contributed by atoms with Gasteiger partial charge >= 0.3 is 0 Å². The number of nitrogens with one attached hydrogen (secondary N) is 1. The molecule has 0 radical (unpaired) electrons. The Balaban J connectivity index is 2.08. The van der Waals surface area contributed by atoms with Crippen molar-refractivity contribution in [3.8, 4) is 0 Å². The van der Waals surface area contributed by atoms with Crippen molar-refractivity contribution < 1.29 is 18.0 Å². The Morgan fingerprint density at radius 1 is 0.872 bits per heavy atom. The molecule has 0 aliphatic rings. The number of nitrogens with zero attached hydrogens (tertiary/aromatic N) is 2. The molecule has 3 aromatic carbocycles. The van der Waals surface area contributed by atoms with Gasteiger partial charge in [0.05, 0.1) is 11.9 Å². The van der Waals surface area contributed by atoms with Crippen molar-refractivity contribution in [1.29, 1.82) is 0 Å². The molecule has 0 fully saturated rings. The minimum absolute atomic E-state index is 0.0433. The summed E-state index contributed by atoms with van der Waals surface area (Å²) in [6, 6.07) is 21.7. The largest absolute Gasteiger partial charge is 0.350 e. The van der Waals surface area contributed by atoms with Crippen LogP contribution in [0.25, 0.3) is 0 Å². The molecule has 208 valence electrons. The smallest absolute Gasteiger partial charge is 0.244 e. The van der Waals surface area contributed by atoms with Gasteiger partial charge < -0.3 is 10.2 Å². The predicted molar refractivity (Wildman–Crippen MR) is 157 cm³/mol. The summed E-state index contributed by atoms with van der Waals surface area (Å²) in [5, 5.41) is 3.80. The lowest BCUT2D eigenvalue weighted by molar-refractivity contribution is -0.140. The van der Waals surface area contributed by atoms with Gasteiger partial charge in [0.2, 0.25) is 21.8 Å². The van der Waals surface area contributed by atoms with E-state index in [4.69, 9.17) is 23.2 Å². The van der Waals surface area contributed by atoms with Crippen LogP contribution in [-0.4, -0.2) is 49.5 Å². The van der Waals surface area contributed by atoms with E-state index >= 15 is 0 Å². The molecule has 3 rings (SSSR count). The first-order valence-electron chi connectivity index (χ1n) is 12.4. The molecule has 0 heterocycles. The molecule has 10 heteroatoms. The molecule has 0 saturated heterocycles. The van der Waals surface area contributed by atoms with Crippen LogP contribution in [-0.2, 0) is 32.6 Å². The number of hydrogen-bond acceptors (Lipinski definition) is 4. The van der Waals surface area contributed by atoms with Crippen LogP contribution in [0.15, 0.2) is 78.9 Å². The maximum Gasteiger partial charge on any atom is 0.244 e. The molecule has 0 unspecified atom stereocenters. The fourth-order valence-electron chi connectivity index (χ4n) is 4.08. The highest BCUT2D eigenvalue weighted by Crippen LogP contribution is 2.24. The Kier molecular flexibility index (Phi) is 10.0. The lowest BCUT2D eigenvalue weighted by Gasteiger charge is -2.35. The van der Waals surface area contributed by atoms with Crippen molar-refractivity contribution in [1.82, 2.24) is 10.2 Å². The second-order valence-electron chi connectivity index (χ2n) is 10.3. The molecule has 39 heavy (non-hydrogen) atoms. The van der Waals surface area contributed by atoms with Crippen LogP contribution in [0.1, 0.15) is 31.9 Å². The van der Waals surface area contributed by atoms with Gasteiger partial charge in [0.25, 0.3) is 0 Å². The normalized spacial score (nSPS) is 12.5. The minimum Gasteiger partial charge on any atom is -0.350 e. The van der Waals surface area contributed by atoms with Crippen LogP contribution in [0.4, 0.5) is 5.69 Å². The number of carbonyl (C=O) groups is 2. The van der Waals surface area contributed by atoms with Gasteiger partial charge in [-0.1, -0.05) is 71.7 Å². The Labute approximate surface area is 240 Å². The summed E-state index contributed by atoms with van der Waals surface area (Å²) < 4.78 is 26.6. The zero-order chi connectivity index (χ0) is 28.8. The standard InChI is InChI=1S/C29H33Cl2N3O4S/c1-29(2,3)32-28(36)26(17-21-10-6-5-7-11-21)33(19-22-12-8-13-23(30)16-22)27(35)20-34(39(4,37)38)25-15-9-14-24(31)18-25/h5-16,18,26H,17,19-20H2,1-4H3,(H,32,36)/t26-/m0/s1. The van der Waals surface area contributed by atoms with Crippen LogP contribution < -0.4 is 9.62 Å². The summed E-state index contributed by atoms with van der Waals surface area (Å²) in [6.45, 7) is 5.10. The summed E-state index contributed by atoms with van der Waals surface area (Å²) in [4.78, 5) is 29.1. The lowest BCUT2D eigenvalue weighted by atomic mass is 10.0. The van der Waals surface area contributed by atoms with Crippen LogP contribution in [0, 0.1) is 0 Å². The molecule has 1 N–H and O–H groups in total. The zero-order valence-corrected chi connectivity index (χ0v) is 24.7. The lowest BCUT2D eigenvalue weighted by Crippen LogP contribution is -2.56. The Bertz CT molecular complexity index is 1410. The average molecular weight is 591 g/mol. The molecule has 0 saturated carbocycles. The fourth-order valence-corrected chi connectivity index (χ4v) is 5.32.